The Morgan fingerprint density at radius 3 is 1.75 bits per heavy atom. The van der Waals surface area contributed by atoms with Gasteiger partial charge in [-0.25, -0.2) is 0 Å². The Balaban J connectivity index is 2.10. The van der Waals surface area contributed by atoms with Crippen molar-refractivity contribution in [2.24, 2.45) is 0 Å². The highest BCUT2D eigenvalue weighted by Crippen LogP contribution is 2.35. The van der Waals surface area contributed by atoms with E-state index in [4.69, 9.17) is 4.74 Å². The van der Waals surface area contributed by atoms with E-state index < -0.39 is 12.1 Å². The summed E-state index contributed by atoms with van der Waals surface area (Å²) in [5, 5.41) is 0. The van der Waals surface area contributed by atoms with E-state index in [-0.39, 0.29) is 5.56 Å². The molecule has 2 aromatic carbocycles. The molecule has 0 aliphatic rings. The molecule has 1 unspecified atom stereocenters. The van der Waals surface area contributed by atoms with Crippen LogP contribution in [0.5, 0.6) is 11.5 Å². The van der Waals surface area contributed by atoms with Crippen molar-refractivity contribution in [1.82, 2.24) is 0 Å². The first kappa shape index (κ1) is 14.4. The fourth-order valence-electron chi connectivity index (χ4n) is 1.76. The first-order valence-electron chi connectivity index (χ1n) is 6.27. The van der Waals surface area contributed by atoms with E-state index in [1.165, 1.54) is 12.1 Å². The Bertz CT molecular complexity index is 556. The maximum atomic E-state index is 12.6. The highest BCUT2D eigenvalue weighted by atomic mass is 19.4. The number of benzene rings is 2. The quantitative estimate of drug-likeness (QED) is 0.726. The minimum absolute atomic E-state index is 0.230. The fraction of sp³-hybridized carbons (Fsp3) is 0.250. The predicted molar refractivity (Wildman–Crippen MR) is 72.2 cm³/mol. The Kier molecular flexibility index (Phi) is 4.02. The normalized spacial score (nSPS) is 13.1. The highest BCUT2D eigenvalue weighted by Gasteiger charge is 2.36. The molecule has 0 aliphatic carbocycles. The molecule has 0 amide bonds. The molecule has 1 atom stereocenters. The van der Waals surface area contributed by atoms with Crippen molar-refractivity contribution in [1.29, 1.82) is 0 Å². The largest absolute Gasteiger partial charge is 0.457 e. The van der Waals surface area contributed by atoms with Gasteiger partial charge in [0.15, 0.2) is 0 Å². The van der Waals surface area contributed by atoms with Crippen molar-refractivity contribution in [3.05, 3.63) is 59.7 Å². The number of ether oxygens (including phenoxy) is 1. The molecule has 0 saturated heterocycles. The van der Waals surface area contributed by atoms with Crippen LogP contribution < -0.4 is 4.74 Å². The molecule has 0 fully saturated rings. The topological polar surface area (TPSA) is 9.23 Å². The SMILES string of the molecule is Cc1ccc(Oc2ccc(C(C)C(F)(F)F)cc2)cc1. The molecular weight excluding hydrogens is 265 g/mol. The second kappa shape index (κ2) is 5.57. The van der Waals surface area contributed by atoms with Gasteiger partial charge in [-0.15, -0.1) is 0 Å². The number of halogens is 3. The number of hydrogen-bond acceptors (Lipinski definition) is 1. The average Bonchev–Trinajstić information content (AvgIpc) is 2.40. The molecule has 4 heteroatoms. The summed E-state index contributed by atoms with van der Waals surface area (Å²) in [6.45, 7) is 3.12. The van der Waals surface area contributed by atoms with E-state index in [1.807, 2.05) is 31.2 Å². The summed E-state index contributed by atoms with van der Waals surface area (Å²) in [7, 11) is 0. The second-order valence-corrected chi connectivity index (χ2v) is 4.75. The first-order chi connectivity index (χ1) is 9.36. The van der Waals surface area contributed by atoms with E-state index >= 15 is 0 Å². The molecule has 106 valence electrons. The molecule has 0 aromatic heterocycles. The number of hydrogen-bond donors (Lipinski definition) is 0. The van der Waals surface area contributed by atoms with E-state index in [9.17, 15) is 13.2 Å². The van der Waals surface area contributed by atoms with Gasteiger partial charge in [0, 0.05) is 0 Å². The molecule has 0 spiro atoms. The summed E-state index contributed by atoms with van der Waals surface area (Å²) >= 11 is 0. The number of alkyl halides is 3. The van der Waals surface area contributed by atoms with Crippen molar-refractivity contribution in [2.45, 2.75) is 25.9 Å². The van der Waals surface area contributed by atoms with Crippen LogP contribution in [0.3, 0.4) is 0 Å². The van der Waals surface area contributed by atoms with Crippen molar-refractivity contribution in [3.63, 3.8) is 0 Å². The standard InChI is InChI=1S/C16H15F3O/c1-11-3-7-14(8-4-11)20-15-9-5-13(6-10-15)12(2)16(17,18)19/h3-10,12H,1-2H3. The van der Waals surface area contributed by atoms with Crippen LogP contribution in [0.4, 0.5) is 13.2 Å². The molecule has 2 aromatic rings. The zero-order valence-electron chi connectivity index (χ0n) is 11.2. The molecule has 0 bridgehead atoms. The fourth-order valence-corrected chi connectivity index (χ4v) is 1.76. The summed E-state index contributed by atoms with van der Waals surface area (Å²) < 4.78 is 43.3. The Morgan fingerprint density at radius 1 is 0.850 bits per heavy atom. The van der Waals surface area contributed by atoms with Crippen LogP contribution in [-0.4, -0.2) is 6.18 Å². The Morgan fingerprint density at radius 2 is 1.30 bits per heavy atom. The maximum absolute atomic E-state index is 12.6. The lowest BCUT2D eigenvalue weighted by molar-refractivity contribution is -0.146. The van der Waals surface area contributed by atoms with Gasteiger partial charge in [0.2, 0.25) is 0 Å². The number of rotatable bonds is 3. The van der Waals surface area contributed by atoms with Gasteiger partial charge in [-0.2, -0.15) is 13.2 Å². The lowest BCUT2D eigenvalue weighted by atomic mass is 10.0. The third kappa shape index (κ3) is 3.53. The van der Waals surface area contributed by atoms with Crippen molar-refractivity contribution >= 4 is 0 Å². The summed E-state index contributed by atoms with van der Waals surface area (Å²) in [5.41, 5.74) is 1.35. The molecule has 0 radical (unpaired) electrons. The van der Waals surface area contributed by atoms with Gasteiger partial charge >= 0.3 is 6.18 Å². The van der Waals surface area contributed by atoms with Crippen LogP contribution in [0.2, 0.25) is 0 Å². The van der Waals surface area contributed by atoms with E-state index in [0.29, 0.717) is 11.5 Å². The second-order valence-electron chi connectivity index (χ2n) is 4.75. The Hall–Kier alpha value is -1.97. The van der Waals surface area contributed by atoms with Crippen LogP contribution in [0.1, 0.15) is 24.0 Å². The molecule has 0 N–H and O–H groups in total. The molecule has 0 saturated carbocycles. The molecule has 2 rings (SSSR count). The Labute approximate surface area is 116 Å². The minimum Gasteiger partial charge on any atom is -0.457 e. The van der Waals surface area contributed by atoms with Gasteiger partial charge < -0.3 is 4.74 Å². The first-order valence-corrected chi connectivity index (χ1v) is 6.27. The van der Waals surface area contributed by atoms with Gasteiger partial charge in [-0.05, 0) is 43.7 Å². The average molecular weight is 280 g/mol. The summed E-state index contributed by atoms with van der Waals surface area (Å²) in [5.74, 6) is -0.296. The van der Waals surface area contributed by atoms with E-state index in [0.717, 1.165) is 12.5 Å². The molecule has 1 nitrogen and oxygen atoms in total. The third-order valence-electron chi connectivity index (χ3n) is 3.13. The zero-order valence-corrected chi connectivity index (χ0v) is 11.2. The molecule has 0 heterocycles. The van der Waals surface area contributed by atoms with Gasteiger partial charge in [-0.3, -0.25) is 0 Å². The predicted octanol–water partition coefficient (Wildman–Crippen LogP) is 5.45. The summed E-state index contributed by atoms with van der Waals surface area (Å²) in [6, 6.07) is 13.5. The lowest BCUT2D eigenvalue weighted by Crippen LogP contribution is -2.17. The molecule has 0 aliphatic heterocycles. The lowest BCUT2D eigenvalue weighted by Gasteiger charge is -2.16. The van der Waals surface area contributed by atoms with Gasteiger partial charge in [0.05, 0.1) is 5.92 Å². The van der Waals surface area contributed by atoms with Crippen molar-refractivity contribution < 1.29 is 17.9 Å². The van der Waals surface area contributed by atoms with E-state index in [1.54, 1.807) is 12.1 Å². The van der Waals surface area contributed by atoms with Crippen LogP contribution in [0.25, 0.3) is 0 Å². The zero-order chi connectivity index (χ0) is 14.8. The van der Waals surface area contributed by atoms with Gasteiger partial charge in [0.1, 0.15) is 11.5 Å². The minimum atomic E-state index is -4.22. The maximum Gasteiger partial charge on any atom is 0.395 e. The summed E-state index contributed by atoms with van der Waals surface area (Å²) in [4.78, 5) is 0. The monoisotopic (exact) mass is 280 g/mol. The third-order valence-corrected chi connectivity index (χ3v) is 3.13. The highest BCUT2D eigenvalue weighted by molar-refractivity contribution is 5.35. The van der Waals surface area contributed by atoms with Gasteiger partial charge in [-0.1, -0.05) is 29.8 Å². The van der Waals surface area contributed by atoms with Crippen LogP contribution in [0.15, 0.2) is 48.5 Å². The number of aryl methyl sites for hydroxylation is 1. The van der Waals surface area contributed by atoms with Crippen molar-refractivity contribution in [3.8, 4) is 11.5 Å². The van der Waals surface area contributed by atoms with E-state index in [2.05, 4.69) is 0 Å². The summed E-state index contributed by atoms with van der Waals surface area (Å²) in [6.07, 6.45) is -4.22. The van der Waals surface area contributed by atoms with Crippen LogP contribution >= 0.6 is 0 Å². The van der Waals surface area contributed by atoms with Gasteiger partial charge in [0.25, 0.3) is 0 Å². The van der Waals surface area contributed by atoms with Crippen molar-refractivity contribution in [2.75, 3.05) is 0 Å². The van der Waals surface area contributed by atoms with Crippen LogP contribution in [0, 0.1) is 6.92 Å². The smallest absolute Gasteiger partial charge is 0.395 e. The molecule has 20 heavy (non-hydrogen) atoms. The molecular formula is C16H15F3O. The van der Waals surface area contributed by atoms with Crippen LogP contribution in [-0.2, 0) is 0 Å².